The number of hydrogen-bond donors (Lipinski definition) is 1. The minimum absolute atomic E-state index is 0.0934. The number of carbonyl (C=O) groups excluding carboxylic acids is 1. The normalized spacial score (nSPS) is 19.4. The predicted octanol–water partition coefficient (Wildman–Crippen LogP) is 2.93. The van der Waals surface area contributed by atoms with Crippen molar-refractivity contribution in [1.82, 2.24) is 14.7 Å². The number of rotatable bonds is 4. The summed E-state index contributed by atoms with van der Waals surface area (Å²) in [6.07, 6.45) is 1.55. The maximum Gasteiger partial charge on any atom is 0.308 e. The minimum atomic E-state index is -0.870. The average Bonchev–Trinajstić information content (AvgIpc) is 3.40. The monoisotopic (exact) mass is 365 g/mol. The first-order valence-corrected chi connectivity index (χ1v) is 8.76. The fraction of sp³-hybridized carbons (Fsp3) is 0.250. The summed E-state index contributed by atoms with van der Waals surface area (Å²) in [5, 5.41) is 13.9. The molecule has 0 aliphatic carbocycles. The first kappa shape index (κ1) is 17.1. The molecule has 1 aromatic carbocycles. The molecule has 3 heterocycles. The van der Waals surface area contributed by atoms with Crippen LogP contribution in [0.1, 0.15) is 17.4 Å². The van der Waals surface area contributed by atoms with Gasteiger partial charge in [-0.3, -0.25) is 9.59 Å². The largest absolute Gasteiger partial charge is 0.481 e. The molecule has 1 amide bonds. The van der Waals surface area contributed by atoms with Crippen molar-refractivity contribution in [3.63, 3.8) is 0 Å². The quantitative estimate of drug-likeness (QED) is 0.768. The Morgan fingerprint density at radius 2 is 1.93 bits per heavy atom. The molecule has 3 aromatic rings. The van der Waals surface area contributed by atoms with Crippen molar-refractivity contribution >= 4 is 11.9 Å². The lowest BCUT2D eigenvalue weighted by molar-refractivity contribution is -0.142. The van der Waals surface area contributed by atoms with Gasteiger partial charge < -0.3 is 14.4 Å². The number of nitrogens with zero attached hydrogens (tertiary/aromatic N) is 3. The molecule has 1 saturated heterocycles. The van der Waals surface area contributed by atoms with E-state index in [4.69, 9.17) is 4.42 Å². The molecular formula is C20H19N3O4. The molecule has 1 aliphatic rings. The van der Waals surface area contributed by atoms with Gasteiger partial charge in [-0.2, -0.15) is 5.10 Å². The molecule has 0 radical (unpaired) electrons. The molecule has 1 fully saturated rings. The summed E-state index contributed by atoms with van der Waals surface area (Å²) >= 11 is 0. The van der Waals surface area contributed by atoms with Gasteiger partial charge in [-0.05, 0) is 30.2 Å². The summed E-state index contributed by atoms with van der Waals surface area (Å²) in [5.41, 5.74) is 1.68. The van der Waals surface area contributed by atoms with Crippen molar-refractivity contribution < 1.29 is 19.1 Å². The molecule has 0 bridgehead atoms. The molecule has 0 saturated carbocycles. The number of amides is 1. The number of carboxylic acids is 1. The third-order valence-corrected chi connectivity index (χ3v) is 4.92. The van der Waals surface area contributed by atoms with E-state index < -0.39 is 11.9 Å². The van der Waals surface area contributed by atoms with Gasteiger partial charge in [0.1, 0.15) is 11.4 Å². The van der Waals surface area contributed by atoms with Gasteiger partial charge in [-0.15, -0.1) is 0 Å². The second-order valence-corrected chi connectivity index (χ2v) is 6.77. The zero-order valence-corrected chi connectivity index (χ0v) is 14.8. The molecule has 0 spiro atoms. The Morgan fingerprint density at radius 1 is 1.15 bits per heavy atom. The van der Waals surface area contributed by atoms with Crippen molar-refractivity contribution in [1.29, 1.82) is 0 Å². The standard InChI is InChI=1S/C20H19N3O4/c1-13-11-22(12-15(13)20(25)26)19(24)17-10-16(18-8-5-9-27-18)21-23(17)14-6-3-2-4-7-14/h2-10,13,15H,11-12H2,1H3,(H,25,26)/t13-,15-/m1/s1. The van der Waals surface area contributed by atoms with Gasteiger partial charge in [0.2, 0.25) is 0 Å². The van der Waals surface area contributed by atoms with Gasteiger partial charge >= 0.3 is 5.97 Å². The average molecular weight is 365 g/mol. The fourth-order valence-electron chi connectivity index (χ4n) is 3.46. The number of carboxylic acid groups (broad SMARTS) is 1. The summed E-state index contributed by atoms with van der Waals surface area (Å²) in [7, 11) is 0. The van der Waals surface area contributed by atoms with E-state index in [0.29, 0.717) is 23.7 Å². The Bertz CT molecular complexity index is 963. The Labute approximate surface area is 155 Å². The second-order valence-electron chi connectivity index (χ2n) is 6.77. The van der Waals surface area contributed by atoms with Crippen molar-refractivity contribution in [2.75, 3.05) is 13.1 Å². The molecule has 2 aromatic heterocycles. The number of hydrogen-bond acceptors (Lipinski definition) is 4. The zero-order chi connectivity index (χ0) is 19.0. The number of benzene rings is 1. The first-order valence-electron chi connectivity index (χ1n) is 8.76. The zero-order valence-electron chi connectivity index (χ0n) is 14.8. The summed E-state index contributed by atoms with van der Waals surface area (Å²) in [6.45, 7) is 2.46. The van der Waals surface area contributed by atoms with Crippen LogP contribution in [0.15, 0.2) is 59.2 Å². The summed E-state index contributed by atoms with van der Waals surface area (Å²) in [6, 6.07) is 14.6. The van der Waals surface area contributed by atoms with Crippen molar-refractivity contribution in [2.24, 2.45) is 11.8 Å². The van der Waals surface area contributed by atoms with Gasteiger partial charge in [-0.25, -0.2) is 4.68 Å². The Hall–Kier alpha value is -3.35. The lowest BCUT2D eigenvalue weighted by Crippen LogP contribution is -2.31. The maximum atomic E-state index is 13.2. The predicted molar refractivity (Wildman–Crippen MR) is 97.5 cm³/mol. The molecule has 138 valence electrons. The number of aromatic nitrogens is 2. The molecule has 7 heteroatoms. The molecular weight excluding hydrogens is 346 g/mol. The molecule has 1 aliphatic heterocycles. The number of furan rings is 1. The molecule has 7 nitrogen and oxygen atoms in total. The van der Waals surface area contributed by atoms with Crippen LogP contribution in [0, 0.1) is 11.8 Å². The number of carbonyl (C=O) groups is 2. The van der Waals surface area contributed by atoms with Crippen LogP contribution >= 0.6 is 0 Å². The van der Waals surface area contributed by atoms with Crippen LogP contribution < -0.4 is 0 Å². The molecule has 27 heavy (non-hydrogen) atoms. The summed E-state index contributed by atoms with van der Waals surface area (Å²) < 4.78 is 7.00. The third-order valence-electron chi connectivity index (χ3n) is 4.92. The van der Waals surface area contributed by atoms with Crippen molar-refractivity contribution in [3.05, 3.63) is 60.5 Å². The molecule has 1 N–H and O–H groups in total. The van der Waals surface area contributed by atoms with Crippen LogP contribution in [0.3, 0.4) is 0 Å². The summed E-state index contributed by atoms with van der Waals surface area (Å²) in [5.74, 6) is -1.18. The number of para-hydroxylation sites is 1. The topological polar surface area (TPSA) is 88.6 Å². The highest BCUT2D eigenvalue weighted by molar-refractivity contribution is 5.95. The van der Waals surface area contributed by atoms with E-state index in [1.165, 1.54) is 0 Å². The SMILES string of the molecule is C[C@@H]1CN(C(=O)c2cc(-c3ccco3)nn2-c2ccccc2)C[C@H]1C(=O)O. The van der Waals surface area contributed by atoms with Crippen molar-refractivity contribution in [3.8, 4) is 17.1 Å². The highest BCUT2D eigenvalue weighted by Gasteiger charge is 2.38. The summed E-state index contributed by atoms with van der Waals surface area (Å²) in [4.78, 5) is 26.2. The van der Waals surface area contributed by atoms with Crippen LogP contribution in [0.2, 0.25) is 0 Å². The van der Waals surface area contributed by atoms with Gasteiger partial charge in [0.15, 0.2) is 5.76 Å². The Morgan fingerprint density at radius 3 is 2.56 bits per heavy atom. The van der Waals surface area contributed by atoms with Crippen molar-refractivity contribution in [2.45, 2.75) is 6.92 Å². The van der Waals surface area contributed by atoms with E-state index in [2.05, 4.69) is 5.10 Å². The molecule has 4 rings (SSSR count). The first-order chi connectivity index (χ1) is 13.0. The maximum absolute atomic E-state index is 13.2. The van der Waals surface area contributed by atoms with Crippen LogP contribution in [0.25, 0.3) is 17.1 Å². The van der Waals surface area contributed by atoms with Crippen LogP contribution in [0.4, 0.5) is 0 Å². The van der Waals surface area contributed by atoms with Crippen LogP contribution in [-0.4, -0.2) is 44.8 Å². The van der Waals surface area contributed by atoms with E-state index in [1.807, 2.05) is 37.3 Å². The van der Waals surface area contributed by atoms with Gasteiger partial charge in [0.05, 0.1) is 17.9 Å². The third kappa shape index (κ3) is 3.12. The lowest BCUT2D eigenvalue weighted by Gasteiger charge is -2.16. The highest BCUT2D eigenvalue weighted by atomic mass is 16.4. The smallest absolute Gasteiger partial charge is 0.308 e. The van der Waals surface area contributed by atoms with E-state index in [0.717, 1.165) is 5.69 Å². The Kier molecular flexibility index (Phi) is 4.27. The molecule has 0 unspecified atom stereocenters. The number of aliphatic carboxylic acids is 1. The van der Waals surface area contributed by atoms with E-state index in [1.54, 1.807) is 34.0 Å². The molecule has 2 atom stereocenters. The van der Waals surface area contributed by atoms with Gasteiger partial charge in [-0.1, -0.05) is 25.1 Å². The van der Waals surface area contributed by atoms with Gasteiger partial charge in [0.25, 0.3) is 5.91 Å². The van der Waals surface area contributed by atoms with Crippen LogP contribution in [0.5, 0.6) is 0 Å². The second kappa shape index (κ2) is 6.75. The Balaban J connectivity index is 1.73. The highest BCUT2D eigenvalue weighted by Crippen LogP contribution is 2.27. The van der Waals surface area contributed by atoms with Crippen LogP contribution in [-0.2, 0) is 4.79 Å². The lowest BCUT2D eigenvalue weighted by atomic mass is 9.99. The minimum Gasteiger partial charge on any atom is -0.481 e. The number of likely N-dealkylation sites (tertiary alicyclic amines) is 1. The van der Waals surface area contributed by atoms with E-state index in [9.17, 15) is 14.7 Å². The van der Waals surface area contributed by atoms with E-state index >= 15 is 0 Å². The van der Waals surface area contributed by atoms with E-state index in [-0.39, 0.29) is 18.4 Å². The fourth-order valence-corrected chi connectivity index (χ4v) is 3.46. The van der Waals surface area contributed by atoms with Gasteiger partial charge in [0, 0.05) is 19.2 Å².